The first-order chi connectivity index (χ1) is 16.4. The second kappa shape index (κ2) is 8.70. The summed E-state index contributed by atoms with van der Waals surface area (Å²) in [4.78, 5) is 0.414. The van der Waals surface area contributed by atoms with Gasteiger partial charge < -0.3 is 10.2 Å². The van der Waals surface area contributed by atoms with Gasteiger partial charge in [-0.25, -0.2) is 8.42 Å². The maximum atomic E-state index is 13.2. The molecule has 4 aliphatic rings. The average molecular weight is 501 g/mol. The molecule has 0 amide bonds. The SMILES string of the molecule is CC[C@]1(O)CC[C@@]2(C)C(=CC[C@H]3[C@@H]4CC[C@H]([C@H](C)CS(=O)(=O)c5ccccc5)[C@@]4(C)CC(O)[C@@H]32)C1. The van der Waals surface area contributed by atoms with Gasteiger partial charge in [0.1, 0.15) is 0 Å². The van der Waals surface area contributed by atoms with Crippen LogP contribution in [0, 0.1) is 40.4 Å². The molecular weight excluding hydrogens is 456 g/mol. The van der Waals surface area contributed by atoms with E-state index in [-0.39, 0.29) is 34.5 Å². The second-order valence-corrected chi connectivity index (χ2v) is 15.0. The third-order valence-corrected chi connectivity index (χ3v) is 13.1. The quantitative estimate of drug-likeness (QED) is 0.502. The molecule has 0 heterocycles. The van der Waals surface area contributed by atoms with Gasteiger partial charge in [-0.2, -0.15) is 0 Å². The minimum Gasteiger partial charge on any atom is -0.393 e. The van der Waals surface area contributed by atoms with Crippen molar-refractivity contribution in [2.75, 3.05) is 5.75 Å². The van der Waals surface area contributed by atoms with E-state index in [0.29, 0.717) is 22.6 Å². The fourth-order valence-electron chi connectivity index (χ4n) is 9.31. The van der Waals surface area contributed by atoms with E-state index in [4.69, 9.17) is 0 Å². The van der Waals surface area contributed by atoms with Crippen LogP contribution >= 0.6 is 0 Å². The fourth-order valence-corrected chi connectivity index (χ4v) is 11.0. The van der Waals surface area contributed by atoms with Gasteiger partial charge >= 0.3 is 0 Å². The summed E-state index contributed by atoms with van der Waals surface area (Å²) in [5, 5.41) is 22.7. The van der Waals surface area contributed by atoms with Crippen LogP contribution in [0.5, 0.6) is 0 Å². The highest BCUT2D eigenvalue weighted by atomic mass is 32.2. The van der Waals surface area contributed by atoms with Gasteiger partial charge in [-0.05, 0) is 104 Å². The molecule has 4 nitrogen and oxygen atoms in total. The minimum absolute atomic E-state index is 0.0350. The van der Waals surface area contributed by atoms with Gasteiger partial charge in [-0.1, -0.05) is 57.5 Å². The smallest absolute Gasteiger partial charge is 0.178 e. The van der Waals surface area contributed by atoms with Crippen LogP contribution in [-0.2, 0) is 9.84 Å². The lowest BCUT2D eigenvalue weighted by molar-refractivity contribution is -0.135. The normalized spacial score (nSPS) is 44.1. The first-order valence-electron chi connectivity index (χ1n) is 13.8. The van der Waals surface area contributed by atoms with Crippen LogP contribution in [0.1, 0.15) is 79.1 Å². The lowest BCUT2D eigenvalue weighted by atomic mass is 9.45. The van der Waals surface area contributed by atoms with E-state index in [1.54, 1.807) is 24.3 Å². The number of aliphatic hydroxyl groups is 2. The number of fused-ring (bicyclic) bond motifs is 5. The van der Waals surface area contributed by atoms with Gasteiger partial charge in [-0.15, -0.1) is 0 Å². The molecule has 4 aliphatic carbocycles. The van der Waals surface area contributed by atoms with E-state index in [2.05, 4.69) is 33.8 Å². The molecule has 3 saturated carbocycles. The van der Waals surface area contributed by atoms with Crippen molar-refractivity contribution in [3.05, 3.63) is 42.0 Å². The van der Waals surface area contributed by atoms with Gasteiger partial charge in [-0.3, -0.25) is 0 Å². The molecule has 0 aliphatic heterocycles. The van der Waals surface area contributed by atoms with E-state index < -0.39 is 15.4 Å². The van der Waals surface area contributed by atoms with Gasteiger partial charge in [0.2, 0.25) is 0 Å². The number of aliphatic hydroxyl groups excluding tert-OH is 1. The maximum absolute atomic E-state index is 13.2. The molecule has 5 heteroatoms. The fraction of sp³-hybridized carbons (Fsp3) is 0.733. The van der Waals surface area contributed by atoms with Gasteiger partial charge in [0.15, 0.2) is 9.84 Å². The monoisotopic (exact) mass is 500 g/mol. The molecule has 3 fully saturated rings. The van der Waals surface area contributed by atoms with E-state index >= 15 is 0 Å². The number of rotatable bonds is 5. The molecule has 194 valence electrons. The van der Waals surface area contributed by atoms with E-state index in [9.17, 15) is 18.6 Å². The number of hydrogen-bond acceptors (Lipinski definition) is 4. The topological polar surface area (TPSA) is 74.6 Å². The molecule has 1 unspecified atom stereocenters. The first kappa shape index (κ1) is 25.5. The maximum Gasteiger partial charge on any atom is 0.178 e. The third-order valence-electron chi connectivity index (χ3n) is 11.2. The highest BCUT2D eigenvalue weighted by Crippen LogP contribution is 2.67. The van der Waals surface area contributed by atoms with E-state index in [1.165, 1.54) is 5.57 Å². The van der Waals surface area contributed by atoms with Crippen LogP contribution in [0.4, 0.5) is 0 Å². The molecule has 2 N–H and O–H groups in total. The molecule has 1 aromatic rings. The molecule has 0 spiro atoms. The van der Waals surface area contributed by atoms with Crippen LogP contribution in [0.25, 0.3) is 0 Å². The van der Waals surface area contributed by atoms with Crippen LogP contribution < -0.4 is 0 Å². The minimum atomic E-state index is -3.33. The summed E-state index contributed by atoms with van der Waals surface area (Å²) >= 11 is 0. The molecule has 5 rings (SSSR count). The summed E-state index contributed by atoms with van der Waals surface area (Å²) in [5.41, 5.74) is 0.705. The van der Waals surface area contributed by atoms with Crippen molar-refractivity contribution < 1.29 is 18.6 Å². The molecule has 0 saturated heterocycles. The molecule has 0 aromatic heterocycles. The lowest BCUT2D eigenvalue weighted by Crippen LogP contribution is -2.57. The molecule has 1 aromatic carbocycles. The molecule has 0 bridgehead atoms. The van der Waals surface area contributed by atoms with Crippen LogP contribution in [0.15, 0.2) is 46.9 Å². The number of sulfone groups is 1. The first-order valence-corrected chi connectivity index (χ1v) is 15.5. The van der Waals surface area contributed by atoms with Crippen molar-refractivity contribution in [3.8, 4) is 0 Å². The Labute approximate surface area is 212 Å². The Morgan fingerprint density at radius 2 is 1.83 bits per heavy atom. The molecule has 35 heavy (non-hydrogen) atoms. The number of allylic oxidation sites excluding steroid dienone is 1. The zero-order valence-corrected chi connectivity index (χ0v) is 22.7. The third kappa shape index (κ3) is 4.05. The van der Waals surface area contributed by atoms with Crippen molar-refractivity contribution in [2.45, 2.75) is 95.7 Å². The largest absolute Gasteiger partial charge is 0.393 e. The standard InChI is InChI=1S/C30H44O4S/c1-5-30(32)16-15-28(3)21(17-30)11-12-23-25-14-13-24(29(25,4)18-26(31)27(23)28)20(2)19-35(33,34)22-9-7-6-8-10-22/h6-11,20,23-27,31-32H,5,12-19H2,1-4H3/t20-,23+,24-,25+,26?,27-,28+,29-,30+/m1/s1. The summed E-state index contributed by atoms with van der Waals surface area (Å²) in [7, 11) is -3.33. The van der Waals surface area contributed by atoms with Crippen molar-refractivity contribution in [1.82, 2.24) is 0 Å². The van der Waals surface area contributed by atoms with Crippen LogP contribution in [0.3, 0.4) is 0 Å². The number of hydrogen-bond donors (Lipinski definition) is 2. The van der Waals surface area contributed by atoms with E-state index in [0.717, 1.165) is 51.4 Å². The van der Waals surface area contributed by atoms with Crippen LogP contribution in [0.2, 0.25) is 0 Å². The predicted octanol–water partition coefficient (Wildman–Crippen LogP) is 5.79. The summed E-state index contributed by atoms with van der Waals surface area (Å²) in [5.74, 6) is 1.72. The molecule has 0 radical (unpaired) electrons. The number of benzene rings is 1. The van der Waals surface area contributed by atoms with Crippen molar-refractivity contribution in [1.29, 1.82) is 0 Å². The summed E-state index contributed by atoms with van der Waals surface area (Å²) in [6.07, 6.45) is 9.24. The van der Waals surface area contributed by atoms with Gasteiger partial charge in [0.25, 0.3) is 0 Å². The Morgan fingerprint density at radius 3 is 2.51 bits per heavy atom. The summed E-state index contributed by atoms with van der Waals surface area (Å²) < 4.78 is 26.3. The second-order valence-electron chi connectivity index (χ2n) is 13.0. The molecular formula is C30H44O4S. The summed E-state index contributed by atoms with van der Waals surface area (Å²) in [6, 6.07) is 8.84. The average Bonchev–Trinajstić information content (AvgIpc) is 3.16. The van der Waals surface area contributed by atoms with Crippen molar-refractivity contribution in [2.24, 2.45) is 40.4 Å². The highest BCUT2D eigenvalue weighted by Gasteiger charge is 2.62. The van der Waals surface area contributed by atoms with Crippen LogP contribution in [-0.4, -0.2) is 36.1 Å². The van der Waals surface area contributed by atoms with E-state index in [1.807, 2.05) is 6.07 Å². The van der Waals surface area contributed by atoms with Gasteiger partial charge in [0, 0.05) is 0 Å². The summed E-state index contributed by atoms with van der Waals surface area (Å²) in [6.45, 7) is 8.88. The zero-order chi connectivity index (χ0) is 25.2. The van der Waals surface area contributed by atoms with Gasteiger partial charge in [0.05, 0.1) is 22.4 Å². The lowest BCUT2D eigenvalue weighted by Gasteiger charge is -2.61. The Balaban J connectivity index is 1.39. The highest BCUT2D eigenvalue weighted by molar-refractivity contribution is 7.91. The Bertz CT molecular complexity index is 1080. The van der Waals surface area contributed by atoms with Crippen molar-refractivity contribution >= 4 is 9.84 Å². The Morgan fingerprint density at radius 1 is 1.11 bits per heavy atom. The Kier molecular flexibility index (Phi) is 6.33. The Hall–Kier alpha value is -1.17. The zero-order valence-electron chi connectivity index (χ0n) is 21.9. The molecule has 9 atom stereocenters. The predicted molar refractivity (Wildman–Crippen MR) is 139 cm³/mol. The van der Waals surface area contributed by atoms with Crippen molar-refractivity contribution in [3.63, 3.8) is 0 Å².